The van der Waals surface area contributed by atoms with Gasteiger partial charge in [-0.1, -0.05) is 6.58 Å². The van der Waals surface area contributed by atoms with E-state index in [1.807, 2.05) is 0 Å². The van der Waals surface area contributed by atoms with Crippen LogP contribution in [0.25, 0.3) is 0 Å². The molecule has 0 aliphatic carbocycles. The summed E-state index contributed by atoms with van der Waals surface area (Å²) in [5.41, 5.74) is 0.225. The molecule has 0 saturated carbocycles. The number of carboxylic acid groups (broad SMARTS) is 1. The van der Waals surface area contributed by atoms with Crippen LogP contribution in [-0.4, -0.2) is 37.9 Å². The molecule has 0 unspecified atom stereocenters. The number of hydrogen-bond donors (Lipinski definition) is 1. The molecule has 19 heavy (non-hydrogen) atoms. The molecule has 0 aliphatic rings. The average Bonchev–Trinajstić information content (AvgIpc) is 2.43. The summed E-state index contributed by atoms with van der Waals surface area (Å²) in [6.07, 6.45) is 0. The van der Waals surface area contributed by atoms with Gasteiger partial charge in [-0.15, -0.1) is 0 Å². The molecule has 0 saturated heterocycles. The molecule has 1 N–H and O–H groups in total. The molecular formula is C13H14O6. The van der Waals surface area contributed by atoms with E-state index < -0.39 is 11.9 Å². The van der Waals surface area contributed by atoms with Crippen molar-refractivity contribution >= 4 is 11.9 Å². The first kappa shape index (κ1) is 14.6. The Labute approximate surface area is 110 Å². The van der Waals surface area contributed by atoms with Gasteiger partial charge in [0.15, 0.2) is 11.5 Å². The normalized spacial score (nSPS) is 9.58. The fourth-order valence-corrected chi connectivity index (χ4v) is 1.26. The molecular weight excluding hydrogens is 252 g/mol. The lowest BCUT2D eigenvalue weighted by Gasteiger charge is -2.11. The van der Waals surface area contributed by atoms with E-state index in [1.54, 1.807) is 0 Å². The van der Waals surface area contributed by atoms with Crippen molar-refractivity contribution in [1.82, 2.24) is 0 Å². The molecule has 0 heterocycles. The highest BCUT2D eigenvalue weighted by Crippen LogP contribution is 2.28. The van der Waals surface area contributed by atoms with Crippen molar-refractivity contribution in [2.24, 2.45) is 0 Å². The van der Waals surface area contributed by atoms with Crippen molar-refractivity contribution in [2.75, 3.05) is 20.8 Å². The summed E-state index contributed by atoms with van der Waals surface area (Å²) in [7, 11) is 2.69. The Hall–Kier alpha value is -2.50. The Morgan fingerprint density at radius 3 is 2.47 bits per heavy atom. The van der Waals surface area contributed by atoms with E-state index in [0.717, 1.165) is 0 Å². The maximum Gasteiger partial charge on any atom is 0.337 e. The van der Waals surface area contributed by atoms with Crippen LogP contribution in [0, 0.1) is 0 Å². The zero-order valence-corrected chi connectivity index (χ0v) is 10.6. The molecule has 0 aliphatic heterocycles. The Morgan fingerprint density at radius 2 is 1.95 bits per heavy atom. The zero-order chi connectivity index (χ0) is 14.4. The van der Waals surface area contributed by atoms with Crippen LogP contribution in [0.3, 0.4) is 0 Å². The van der Waals surface area contributed by atoms with Crippen LogP contribution >= 0.6 is 0 Å². The van der Waals surface area contributed by atoms with Crippen molar-refractivity contribution < 1.29 is 28.9 Å². The van der Waals surface area contributed by atoms with Gasteiger partial charge in [0.05, 0.1) is 25.4 Å². The summed E-state index contributed by atoms with van der Waals surface area (Å²) < 4.78 is 14.9. The number of ether oxygens (including phenoxy) is 3. The molecule has 0 atom stereocenters. The number of aliphatic carboxylic acids is 1. The van der Waals surface area contributed by atoms with Gasteiger partial charge < -0.3 is 19.3 Å². The van der Waals surface area contributed by atoms with E-state index in [2.05, 4.69) is 11.3 Å². The molecule has 0 aromatic heterocycles. The van der Waals surface area contributed by atoms with Gasteiger partial charge in [-0.25, -0.2) is 9.59 Å². The van der Waals surface area contributed by atoms with Gasteiger partial charge in [-0.3, -0.25) is 0 Å². The van der Waals surface area contributed by atoms with E-state index in [1.165, 1.54) is 32.4 Å². The number of rotatable bonds is 6. The fraction of sp³-hybridized carbons (Fsp3) is 0.231. The van der Waals surface area contributed by atoms with Gasteiger partial charge in [0.25, 0.3) is 0 Å². The van der Waals surface area contributed by atoms with Crippen LogP contribution in [0.2, 0.25) is 0 Å². The van der Waals surface area contributed by atoms with Crippen LogP contribution in [0.4, 0.5) is 0 Å². The molecule has 1 aromatic rings. The smallest absolute Gasteiger partial charge is 0.337 e. The van der Waals surface area contributed by atoms with Crippen LogP contribution in [-0.2, 0) is 9.53 Å². The summed E-state index contributed by atoms with van der Waals surface area (Å²) in [5, 5.41) is 8.66. The monoisotopic (exact) mass is 266 g/mol. The van der Waals surface area contributed by atoms with Crippen LogP contribution in [0.1, 0.15) is 10.4 Å². The number of carbonyl (C=O) groups is 2. The Balaban J connectivity index is 2.87. The summed E-state index contributed by atoms with van der Waals surface area (Å²) >= 11 is 0. The standard InChI is InChI=1S/C13H14O6/c1-8(12(14)15)7-19-10-5-4-9(13(16)18-3)6-11(10)17-2/h4-6H,1,7H2,2-3H3,(H,14,15). The second-order valence-electron chi connectivity index (χ2n) is 3.55. The average molecular weight is 266 g/mol. The maximum absolute atomic E-state index is 11.3. The largest absolute Gasteiger partial charge is 0.493 e. The predicted molar refractivity (Wildman–Crippen MR) is 66.6 cm³/mol. The Bertz CT molecular complexity index is 506. The fourth-order valence-electron chi connectivity index (χ4n) is 1.26. The lowest BCUT2D eigenvalue weighted by atomic mass is 10.2. The SMILES string of the molecule is C=C(COc1ccc(C(=O)OC)cc1OC)C(=O)O. The highest BCUT2D eigenvalue weighted by molar-refractivity contribution is 5.90. The number of benzene rings is 1. The van der Waals surface area contributed by atoms with E-state index in [-0.39, 0.29) is 12.2 Å². The van der Waals surface area contributed by atoms with Crippen molar-refractivity contribution in [1.29, 1.82) is 0 Å². The zero-order valence-electron chi connectivity index (χ0n) is 10.6. The minimum absolute atomic E-state index is 0.0842. The Morgan fingerprint density at radius 1 is 1.26 bits per heavy atom. The third-order valence-electron chi connectivity index (χ3n) is 2.29. The van der Waals surface area contributed by atoms with Gasteiger partial charge in [0.1, 0.15) is 6.61 Å². The lowest BCUT2D eigenvalue weighted by molar-refractivity contribution is -0.133. The van der Waals surface area contributed by atoms with Gasteiger partial charge in [-0.05, 0) is 18.2 Å². The predicted octanol–water partition coefficient (Wildman–Crippen LogP) is 1.50. The summed E-state index contributed by atoms with van der Waals surface area (Å²) in [6.45, 7) is 3.17. The molecule has 0 radical (unpaired) electrons. The number of esters is 1. The molecule has 102 valence electrons. The van der Waals surface area contributed by atoms with Crippen molar-refractivity contribution in [2.45, 2.75) is 0 Å². The van der Waals surface area contributed by atoms with E-state index in [0.29, 0.717) is 17.1 Å². The molecule has 0 bridgehead atoms. The highest BCUT2D eigenvalue weighted by Gasteiger charge is 2.12. The molecule has 6 heteroatoms. The lowest BCUT2D eigenvalue weighted by Crippen LogP contribution is -2.10. The number of carboxylic acids is 1. The minimum Gasteiger partial charge on any atom is -0.493 e. The summed E-state index contributed by atoms with van der Waals surface area (Å²) in [5.74, 6) is -1.01. The van der Waals surface area contributed by atoms with Crippen molar-refractivity contribution in [3.05, 3.63) is 35.9 Å². The third kappa shape index (κ3) is 3.74. The van der Waals surface area contributed by atoms with E-state index in [4.69, 9.17) is 14.6 Å². The van der Waals surface area contributed by atoms with Crippen molar-refractivity contribution in [3.63, 3.8) is 0 Å². The van der Waals surface area contributed by atoms with Gasteiger partial charge in [0.2, 0.25) is 0 Å². The molecule has 6 nitrogen and oxygen atoms in total. The molecule has 0 fully saturated rings. The topological polar surface area (TPSA) is 82.1 Å². The highest BCUT2D eigenvalue weighted by atomic mass is 16.5. The number of hydrogen-bond acceptors (Lipinski definition) is 5. The van der Waals surface area contributed by atoms with E-state index >= 15 is 0 Å². The molecule has 0 spiro atoms. The second-order valence-corrected chi connectivity index (χ2v) is 3.55. The van der Waals surface area contributed by atoms with Crippen LogP contribution in [0.15, 0.2) is 30.4 Å². The Kier molecular flexibility index (Phi) is 4.93. The van der Waals surface area contributed by atoms with Gasteiger partial charge >= 0.3 is 11.9 Å². The van der Waals surface area contributed by atoms with E-state index in [9.17, 15) is 9.59 Å². The maximum atomic E-state index is 11.3. The number of methoxy groups -OCH3 is 2. The number of carbonyl (C=O) groups excluding carboxylic acids is 1. The third-order valence-corrected chi connectivity index (χ3v) is 2.29. The summed E-state index contributed by atoms with van der Waals surface area (Å²) in [4.78, 5) is 21.9. The first-order valence-electron chi connectivity index (χ1n) is 5.29. The first-order valence-corrected chi connectivity index (χ1v) is 5.29. The molecule has 1 aromatic carbocycles. The van der Waals surface area contributed by atoms with Crippen LogP contribution < -0.4 is 9.47 Å². The molecule has 0 amide bonds. The molecule has 1 rings (SSSR count). The second kappa shape index (κ2) is 6.44. The van der Waals surface area contributed by atoms with Crippen LogP contribution in [0.5, 0.6) is 11.5 Å². The van der Waals surface area contributed by atoms with Gasteiger partial charge in [-0.2, -0.15) is 0 Å². The summed E-state index contributed by atoms with van der Waals surface area (Å²) in [6, 6.07) is 4.44. The minimum atomic E-state index is -1.13. The van der Waals surface area contributed by atoms with Gasteiger partial charge in [0, 0.05) is 0 Å². The first-order chi connectivity index (χ1) is 8.99. The quantitative estimate of drug-likeness (QED) is 0.620. The van der Waals surface area contributed by atoms with Crippen molar-refractivity contribution in [3.8, 4) is 11.5 Å².